The molecule has 0 spiro atoms. The largest absolute Gasteiger partial charge is 0.490 e. The number of ether oxygens (including phenoxy) is 2. The van der Waals surface area contributed by atoms with Crippen molar-refractivity contribution >= 4 is 23.1 Å². The summed E-state index contributed by atoms with van der Waals surface area (Å²) in [5, 5.41) is 20.1. The van der Waals surface area contributed by atoms with Gasteiger partial charge in [-0.05, 0) is 47.2 Å². The summed E-state index contributed by atoms with van der Waals surface area (Å²) in [4.78, 5) is 8.08. The van der Waals surface area contributed by atoms with E-state index in [2.05, 4.69) is 36.1 Å². The van der Waals surface area contributed by atoms with Crippen LogP contribution in [0.1, 0.15) is 18.1 Å². The van der Waals surface area contributed by atoms with Crippen molar-refractivity contribution < 1.29 is 9.47 Å². The summed E-state index contributed by atoms with van der Waals surface area (Å²) >= 11 is 1.56. The molecule has 2 aromatic carbocycles. The lowest BCUT2D eigenvalue weighted by Crippen LogP contribution is -2.25. The van der Waals surface area contributed by atoms with E-state index in [0.29, 0.717) is 44.3 Å². The zero-order chi connectivity index (χ0) is 23.3. The zero-order valence-electron chi connectivity index (χ0n) is 19.3. The molecule has 0 atom stereocenters. The minimum Gasteiger partial charge on any atom is -0.490 e. The van der Waals surface area contributed by atoms with E-state index in [4.69, 9.17) is 9.47 Å². The van der Waals surface area contributed by atoms with Crippen molar-refractivity contribution in [1.29, 1.82) is 10.5 Å². The van der Waals surface area contributed by atoms with Crippen LogP contribution in [0.3, 0.4) is 0 Å². The lowest BCUT2D eigenvalue weighted by atomic mass is 10.0. The second-order valence-corrected chi connectivity index (χ2v) is 8.98. The number of fused-ring (bicyclic) bond motifs is 2. The summed E-state index contributed by atoms with van der Waals surface area (Å²) in [7, 11) is 7.88. The molecule has 0 bridgehead atoms. The number of hydrogen-bond acceptors (Lipinski definition) is 8. The Hall–Kier alpha value is -2.91. The van der Waals surface area contributed by atoms with Crippen LogP contribution >= 0.6 is 11.8 Å². The second kappa shape index (κ2) is 10.6. The van der Waals surface area contributed by atoms with Crippen molar-refractivity contribution in [1.82, 2.24) is 9.80 Å². The van der Waals surface area contributed by atoms with Crippen LogP contribution in [-0.2, 0) is 0 Å². The van der Waals surface area contributed by atoms with Gasteiger partial charge < -0.3 is 24.2 Å². The van der Waals surface area contributed by atoms with Crippen molar-refractivity contribution in [2.24, 2.45) is 0 Å². The van der Waals surface area contributed by atoms with Crippen LogP contribution in [-0.4, -0.2) is 70.8 Å². The Kier molecular flexibility index (Phi) is 7.87. The minimum absolute atomic E-state index is 0.225. The van der Waals surface area contributed by atoms with Gasteiger partial charge >= 0.3 is 0 Å². The summed E-state index contributed by atoms with van der Waals surface area (Å²) < 4.78 is 12.3. The Labute approximate surface area is 194 Å². The molecule has 0 N–H and O–H groups in total. The van der Waals surface area contributed by atoms with Crippen molar-refractivity contribution in [3.8, 4) is 23.6 Å². The molecular formula is C24H29N5O2S. The van der Waals surface area contributed by atoms with E-state index in [0.717, 1.165) is 21.2 Å². The lowest BCUT2D eigenvalue weighted by molar-refractivity contribution is 0.251. The van der Waals surface area contributed by atoms with Gasteiger partial charge in [0, 0.05) is 24.5 Å². The number of rotatable bonds is 9. The van der Waals surface area contributed by atoms with Gasteiger partial charge in [0.2, 0.25) is 0 Å². The highest BCUT2D eigenvalue weighted by Gasteiger charge is 2.34. The molecule has 1 heterocycles. The number of benzene rings is 2. The van der Waals surface area contributed by atoms with Crippen LogP contribution in [0.4, 0.5) is 11.4 Å². The SMILES string of the molecule is CCN1c2ccccc2Sc2c(OCCN(C)C)c(C#N)c(C#N)c(OCCN(C)C)c21. The quantitative estimate of drug-likeness (QED) is 0.568. The molecule has 0 unspecified atom stereocenters. The van der Waals surface area contributed by atoms with E-state index in [9.17, 15) is 10.5 Å². The van der Waals surface area contributed by atoms with Gasteiger partial charge in [0.1, 0.15) is 42.2 Å². The molecule has 0 aromatic heterocycles. The fourth-order valence-corrected chi connectivity index (χ4v) is 4.69. The van der Waals surface area contributed by atoms with Crippen LogP contribution in [0.25, 0.3) is 0 Å². The maximum Gasteiger partial charge on any atom is 0.163 e. The van der Waals surface area contributed by atoms with Crippen LogP contribution in [0.5, 0.6) is 11.5 Å². The highest BCUT2D eigenvalue weighted by atomic mass is 32.2. The Balaban J connectivity index is 2.23. The lowest BCUT2D eigenvalue weighted by Gasteiger charge is -2.35. The van der Waals surface area contributed by atoms with Gasteiger partial charge in [0.25, 0.3) is 0 Å². The monoisotopic (exact) mass is 451 g/mol. The summed E-state index contributed by atoms with van der Waals surface area (Å²) in [5.74, 6) is 0.906. The fourth-order valence-electron chi connectivity index (χ4n) is 3.49. The van der Waals surface area contributed by atoms with Crippen molar-refractivity contribution in [3.05, 3.63) is 35.4 Å². The Bertz CT molecular complexity index is 1060. The third-order valence-electron chi connectivity index (χ3n) is 5.09. The van der Waals surface area contributed by atoms with Crippen molar-refractivity contribution in [2.45, 2.75) is 16.7 Å². The van der Waals surface area contributed by atoms with Gasteiger partial charge in [0.05, 0.1) is 10.6 Å². The molecular weight excluding hydrogens is 422 g/mol. The van der Waals surface area contributed by atoms with Gasteiger partial charge in [-0.2, -0.15) is 10.5 Å². The van der Waals surface area contributed by atoms with E-state index in [-0.39, 0.29) is 11.1 Å². The Morgan fingerprint density at radius 1 is 0.906 bits per heavy atom. The fraction of sp³-hybridized carbons (Fsp3) is 0.417. The molecule has 7 nitrogen and oxygen atoms in total. The third kappa shape index (κ3) is 4.78. The van der Waals surface area contributed by atoms with E-state index in [1.807, 2.05) is 50.1 Å². The molecule has 0 aliphatic carbocycles. The van der Waals surface area contributed by atoms with Crippen LogP contribution in [0.2, 0.25) is 0 Å². The topological polar surface area (TPSA) is 75.8 Å². The number of para-hydroxylation sites is 1. The first-order chi connectivity index (χ1) is 15.4. The number of anilines is 2. The van der Waals surface area contributed by atoms with E-state index in [1.165, 1.54) is 0 Å². The Morgan fingerprint density at radius 2 is 1.47 bits per heavy atom. The van der Waals surface area contributed by atoms with Gasteiger partial charge in [-0.25, -0.2) is 0 Å². The van der Waals surface area contributed by atoms with E-state index in [1.54, 1.807) is 11.8 Å². The maximum absolute atomic E-state index is 10.1. The molecule has 0 saturated carbocycles. The first kappa shape index (κ1) is 23.7. The van der Waals surface area contributed by atoms with Gasteiger partial charge in [-0.15, -0.1) is 0 Å². The van der Waals surface area contributed by atoms with Crippen molar-refractivity contribution in [2.75, 3.05) is 65.9 Å². The predicted octanol–water partition coefficient (Wildman–Crippen LogP) is 3.93. The van der Waals surface area contributed by atoms with E-state index < -0.39 is 0 Å². The minimum atomic E-state index is 0.225. The first-order valence-corrected chi connectivity index (χ1v) is 11.4. The average Bonchev–Trinajstić information content (AvgIpc) is 2.77. The van der Waals surface area contributed by atoms with E-state index >= 15 is 0 Å². The first-order valence-electron chi connectivity index (χ1n) is 10.6. The van der Waals surface area contributed by atoms with Crippen LogP contribution in [0.15, 0.2) is 34.1 Å². The molecule has 168 valence electrons. The number of hydrogen-bond donors (Lipinski definition) is 0. The molecule has 1 aliphatic heterocycles. The molecule has 32 heavy (non-hydrogen) atoms. The smallest absolute Gasteiger partial charge is 0.163 e. The van der Waals surface area contributed by atoms with Gasteiger partial charge in [0.15, 0.2) is 11.5 Å². The molecule has 0 amide bonds. The molecule has 8 heteroatoms. The molecule has 0 fully saturated rings. The summed E-state index contributed by atoms with van der Waals surface area (Å²) in [5.41, 5.74) is 2.30. The summed E-state index contributed by atoms with van der Waals surface area (Å²) in [6.07, 6.45) is 0. The van der Waals surface area contributed by atoms with Crippen LogP contribution in [0, 0.1) is 22.7 Å². The number of nitrogens with zero attached hydrogens (tertiary/aromatic N) is 5. The standard InChI is InChI=1S/C24H29N5O2S/c1-6-29-19-9-7-8-10-20(19)32-24-21(29)22(30-13-11-27(2)3)17(15-25)18(16-26)23(24)31-14-12-28(4)5/h7-10H,6,11-14H2,1-5H3. The highest BCUT2D eigenvalue weighted by molar-refractivity contribution is 7.99. The van der Waals surface area contributed by atoms with Gasteiger partial charge in [-0.1, -0.05) is 23.9 Å². The molecule has 1 aliphatic rings. The predicted molar refractivity (Wildman–Crippen MR) is 127 cm³/mol. The summed E-state index contributed by atoms with van der Waals surface area (Å²) in [6, 6.07) is 12.6. The molecule has 3 rings (SSSR count). The molecule has 0 saturated heterocycles. The molecule has 0 radical (unpaired) electrons. The molecule has 2 aromatic rings. The number of likely N-dealkylation sites (N-methyl/N-ethyl adjacent to an activating group) is 2. The summed E-state index contributed by atoms with van der Waals surface area (Å²) in [6.45, 7) is 4.96. The second-order valence-electron chi connectivity index (χ2n) is 7.93. The third-order valence-corrected chi connectivity index (χ3v) is 6.24. The highest BCUT2D eigenvalue weighted by Crippen LogP contribution is 2.57. The number of nitriles is 2. The Morgan fingerprint density at radius 3 is 2.03 bits per heavy atom. The maximum atomic E-state index is 10.1. The van der Waals surface area contributed by atoms with Crippen molar-refractivity contribution in [3.63, 3.8) is 0 Å². The van der Waals surface area contributed by atoms with Crippen LogP contribution < -0.4 is 14.4 Å². The van der Waals surface area contributed by atoms with Gasteiger partial charge in [-0.3, -0.25) is 0 Å². The zero-order valence-corrected chi connectivity index (χ0v) is 20.1. The normalized spacial score (nSPS) is 12.2. The average molecular weight is 452 g/mol.